The van der Waals surface area contributed by atoms with Crippen LogP contribution in [-0.4, -0.2) is 10.6 Å². The summed E-state index contributed by atoms with van der Waals surface area (Å²) in [6.07, 6.45) is -2.56. The van der Waals surface area contributed by atoms with Gasteiger partial charge in [-0.3, -0.25) is 4.79 Å². The number of ketones is 1. The molecule has 0 aliphatic carbocycles. The van der Waals surface area contributed by atoms with Crippen LogP contribution < -0.4 is 0 Å². The van der Waals surface area contributed by atoms with Gasteiger partial charge in [-0.05, 0) is 18.6 Å². The van der Waals surface area contributed by atoms with Crippen molar-refractivity contribution < 1.29 is 13.6 Å². The Kier molecular flexibility index (Phi) is 5.05. The van der Waals surface area contributed by atoms with Crippen molar-refractivity contribution in [2.75, 3.05) is 0 Å². The van der Waals surface area contributed by atoms with Crippen LogP contribution in [0.5, 0.6) is 0 Å². The maximum absolute atomic E-state index is 12.7. The number of carbonyl (C=O) groups is 1. The fourth-order valence-electron chi connectivity index (χ4n) is 1.30. The van der Waals surface area contributed by atoms with Gasteiger partial charge in [0.05, 0.1) is 4.83 Å². The van der Waals surface area contributed by atoms with Crippen molar-refractivity contribution >= 4 is 37.6 Å². The first-order valence-electron chi connectivity index (χ1n) is 4.62. The molecule has 0 aliphatic heterocycles. The molecular weight excluding hydrogens is 346 g/mol. The Balaban J connectivity index is 3.17. The molecule has 0 amide bonds. The predicted molar refractivity (Wildman–Crippen MR) is 66.7 cm³/mol. The van der Waals surface area contributed by atoms with Crippen molar-refractivity contribution in [3.8, 4) is 0 Å². The molecular formula is C11H10Br2F2O. The van der Waals surface area contributed by atoms with Crippen molar-refractivity contribution in [1.29, 1.82) is 0 Å². The van der Waals surface area contributed by atoms with Crippen molar-refractivity contribution in [3.63, 3.8) is 0 Å². The van der Waals surface area contributed by atoms with Crippen LogP contribution in [0.3, 0.4) is 0 Å². The van der Waals surface area contributed by atoms with Gasteiger partial charge in [0.15, 0.2) is 5.78 Å². The van der Waals surface area contributed by atoms with E-state index in [0.29, 0.717) is 16.5 Å². The summed E-state index contributed by atoms with van der Waals surface area (Å²) in [5, 5.41) is 0.352. The van der Waals surface area contributed by atoms with Crippen molar-refractivity contribution in [2.24, 2.45) is 0 Å². The molecule has 1 unspecified atom stereocenters. The zero-order chi connectivity index (χ0) is 12.3. The van der Waals surface area contributed by atoms with E-state index in [-0.39, 0.29) is 16.2 Å². The van der Waals surface area contributed by atoms with Crippen molar-refractivity contribution in [2.45, 2.75) is 23.5 Å². The minimum Gasteiger partial charge on any atom is -0.293 e. The molecule has 1 atom stereocenters. The number of hydrogen-bond acceptors (Lipinski definition) is 1. The van der Waals surface area contributed by atoms with E-state index >= 15 is 0 Å². The smallest absolute Gasteiger partial charge is 0.264 e. The summed E-state index contributed by atoms with van der Waals surface area (Å²) in [4.78, 5) is 11.2. The van der Waals surface area contributed by atoms with Gasteiger partial charge in [-0.25, -0.2) is 8.78 Å². The highest BCUT2D eigenvalue weighted by atomic mass is 79.9. The molecule has 1 aromatic rings. The van der Waals surface area contributed by atoms with Gasteiger partial charge in [0.2, 0.25) is 0 Å². The van der Waals surface area contributed by atoms with Crippen molar-refractivity contribution in [1.82, 2.24) is 0 Å². The van der Waals surface area contributed by atoms with Gasteiger partial charge < -0.3 is 0 Å². The van der Waals surface area contributed by atoms with E-state index in [1.165, 1.54) is 6.07 Å². The molecule has 1 aromatic carbocycles. The zero-order valence-electron chi connectivity index (χ0n) is 8.51. The second-order valence-electron chi connectivity index (χ2n) is 3.33. The van der Waals surface area contributed by atoms with Crippen LogP contribution in [0, 0.1) is 0 Å². The van der Waals surface area contributed by atoms with E-state index in [0.717, 1.165) is 0 Å². The highest BCUT2D eigenvalue weighted by Crippen LogP contribution is 2.26. The topological polar surface area (TPSA) is 17.1 Å². The summed E-state index contributed by atoms with van der Waals surface area (Å²) in [5.74, 6) is -0.192. The maximum atomic E-state index is 12.7. The molecule has 16 heavy (non-hydrogen) atoms. The highest BCUT2D eigenvalue weighted by Gasteiger charge is 2.17. The number of alkyl halides is 4. The van der Waals surface area contributed by atoms with E-state index in [4.69, 9.17) is 0 Å². The number of benzene rings is 1. The quantitative estimate of drug-likeness (QED) is 0.574. The average molecular weight is 356 g/mol. The third kappa shape index (κ3) is 3.10. The van der Waals surface area contributed by atoms with Crippen LogP contribution in [-0.2, 0) is 5.33 Å². The molecule has 1 rings (SSSR count). The standard InChI is InChI=1S/C11H10Br2F2O/c1-6(13)10(16)7-2-3-8(5-12)9(4-7)11(14)15/h2-4,6,11H,5H2,1H3. The Morgan fingerprint density at radius 1 is 1.44 bits per heavy atom. The lowest BCUT2D eigenvalue weighted by molar-refractivity contribution is 0.0995. The van der Waals surface area contributed by atoms with E-state index < -0.39 is 6.43 Å². The van der Waals surface area contributed by atoms with E-state index in [9.17, 15) is 13.6 Å². The summed E-state index contributed by atoms with van der Waals surface area (Å²) in [7, 11) is 0. The molecule has 1 nitrogen and oxygen atoms in total. The van der Waals surface area contributed by atoms with Crippen LogP contribution in [0.25, 0.3) is 0 Å². The Hall–Kier alpha value is -0.290. The van der Waals surface area contributed by atoms with E-state index in [1.54, 1.807) is 19.1 Å². The molecule has 88 valence electrons. The first-order chi connectivity index (χ1) is 7.47. The first kappa shape index (κ1) is 13.8. The summed E-state index contributed by atoms with van der Waals surface area (Å²) >= 11 is 6.27. The number of carbonyl (C=O) groups excluding carboxylic acids is 1. The van der Waals surface area contributed by atoms with E-state index in [1.807, 2.05) is 0 Å². The number of hydrogen-bond donors (Lipinski definition) is 0. The van der Waals surface area contributed by atoms with Gasteiger partial charge in [0, 0.05) is 16.5 Å². The lowest BCUT2D eigenvalue weighted by Crippen LogP contribution is -2.10. The van der Waals surface area contributed by atoms with Gasteiger partial charge in [-0.15, -0.1) is 0 Å². The highest BCUT2D eigenvalue weighted by molar-refractivity contribution is 9.10. The SMILES string of the molecule is CC(Br)C(=O)c1ccc(CBr)c(C(F)F)c1. The zero-order valence-corrected chi connectivity index (χ0v) is 11.7. The average Bonchev–Trinajstić information content (AvgIpc) is 2.26. The lowest BCUT2D eigenvalue weighted by Gasteiger charge is -2.09. The van der Waals surface area contributed by atoms with Crippen LogP contribution in [0.15, 0.2) is 18.2 Å². The molecule has 0 aliphatic rings. The summed E-state index contributed by atoms with van der Waals surface area (Å²) in [5.41, 5.74) is 0.731. The Bertz CT molecular complexity index is 392. The monoisotopic (exact) mass is 354 g/mol. The molecule has 0 bridgehead atoms. The van der Waals surface area contributed by atoms with Crippen molar-refractivity contribution in [3.05, 3.63) is 34.9 Å². The Morgan fingerprint density at radius 2 is 2.06 bits per heavy atom. The van der Waals surface area contributed by atoms with Gasteiger partial charge >= 0.3 is 0 Å². The molecule has 0 spiro atoms. The van der Waals surface area contributed by atoms with Gasteiger partial charge in [-0.1, -0.05) is 44.0 Å². The third-order valence-electron chi connectivity index (χ3n) is 2.17. The predicted octanol–water partition coefficient (Wildman–Crippen LogP) is 4.49. The number of Topliss-reactive ketones (excluding diaryl/α,β-unsaturated/α-hetero) is 1. The van der Waals surface area contributed by atoms with Gasteiger partial charge in [0.1, 0.15) is 0 Å². The first-order valence-corrected chi connectivity index (χ1v) is 6.66. The molecule has 0 saturated carbocycles. The maximum Gasteiger partial charge on any atom is 0.264 e. The second-order valence-corrected chi connectivity index (χ2v) is 5.26. The molecule has 5 heteroatoms. The summed E-state index contributed by atoms with van der Waals surface area (Å²) in [6.45, 7) is 1.67. The number of halogens is 4. The van der Waals surface area contributed by atoms with Crippen LogP contribution >= 0.6 is 31.9 Å². The summed E-state index contributed by atoms with van der Waals surface area (Å²) < 4.78 is 25.4. The molecule has 0 N–H and O–H groups in total. The molecule has 0 fully saturated rings. The summed E-state index contributed by atoms with van der Waals surface area (Å²) in [6, 6.07) is 4.39. The fraction of sp³-hybridized carbons (Fsp3) is 0.364. The molecule has 0 aromatic heterocycles. The normalized spacial score (nSPS) is 12.9. The van der Waals surface area contributed by atoms with Crippen LogP contribution in [0.4, 0.5) is 8.78 Å². The van der Waals surface area contributed by atoms with Gasteiger partial charge in [-0.2, -0.15) is 0 Å². The van der Waals surface area contributed by atoms with Gasteiger partial charge in [0.25, 0.3) is 6.43 Å². The van der Waals surface area contributed by atoms with Crippen LogP contribution in [0.2, 0.25) is 0 Å². The molecule has 0 saturated heterocycles. The minimum atomic E-state index is -2.56. The van der Waals surface area contributed by atoms with E-state index in [2.05, 4.69) is 31.9 Å². The number of rotatable bonds is 4. The third-order valence-corrected chi connectivity index (χ3v) is 3.19. The molecule has 0 radical (unpaired) electrons. The second kappa shape index (κ2) is 5.87. The minimum absolute atomic E-state index is 0.0872. The molecule has 0 heterocycles. The lowest BCUT2D eigenvalue weighted by atomic mass is 10.0. The van der Waals surface area contributed by atoms with Crippen LogP contribution in [0.1, 0.15) is 34.8 Å². The Morgan fingerprint density at radius 3 is 2.50 bits per heavy atom. The fourth-order valence-corrected chi connectivity index (χ4v) is 2.08. The largest absolute Gasteiger partial charge is 0.293 e. The Labute approximate surface area is 109 Å².